The van der Waals surface area contributed by atoms with Gasteiger partial charge >= 0.3 is 0 Å². The van der Waals surface area contributed by atoms with E-state index in [2.05, 4.69) is 11.9 Å². The smallest absolute Gasteiger partial charge is 0.251 e. The molecule has 1 saturated carbocycles. The maximum absolute atomic E-state index is 14.1. The highest BCUT2D eigenvalue weighted by Gasteiger charge is 2.32. The van der Waals surface area contributed by atoms with Crippen LogP contribution in [-0.4, -0.2) is 17.4 Å². The van der Waals surface area contributed by atoms with Crippen LogP contribution in [0.5, 0.6) is 5.88 Å². The number of halogens is 1. The highest BCUT2D eigenvalue weighted by molar-refractivity contribution is 5.98. The molecule has 1 heterocycles. The lowest BCUT2D eigenvalue weighted by Crippen LogP contribution is -2.19. The van der Waals surface area contributed by atoms with Crippen molar-refractivity contribution in [3.63, 3.8) is 0 Å². The number of Topliss-reactive ketones (excluding diaryl/α,β-unsaturated/α-hetero) is 1. The number of ether oxygens (including phenoxy) is 1. The average Bonchev–Trinajstić information content (AvgIpc) is 2.78. The lowest BCUT2D eigenvalue weighted by Gasteiger charge is -2.15. The second-order valence-corrected chi connectivity index (χ2v) is 4.79. The lowest BCUT2D eigenvalue weighted by molar-refractivity contribution is 0.0891. The Balaban J connectivity index is 2.27. The molecule has 0 amide bonds. The number of nitrogens with zero attached hydrogens (tertiary/aromatic N) is 1. The minimum atomic E-state index is -0.622. The van der Waals surface area contributed by atoms with Crippen LogP contribution in [0.1, 0.15) is 43.5 Å². The molecule has 0 aliphatic heterocycles. The van der Waals surface area contributed by atoms with E-state index in [0.717, 1.165) is 19.3 Å². The number of rotatable bonds is 4. The zero-order valence-electron chi connectivity index (χ0n) is 10.8. The summed E-state index contributed by atoms with van der Waals surface area (Å²) in [7, 11) is 0. The number of carbonyl (C=O) groups is 1. The molecule has 98 valence electrons. The van der Waals surface area contributed by atoms with Gasteiger partial charge in [-0.25, -0.2) is 9.37 Å². The van der Waals surface area contributed by atoms with E-state index in [-0.39, 0.29) is 23.1 Å². The Morgan fingerprint density at radius 2 is 2.33 bits per heavy atom. The molecule has 0 aromatic carbocycles. The monoisotopic (exact) mass is 251 g/mol. The second-order valence-electron chi connectivity index (χ2n) is 4.79. The third-order valence-electron chi connectivity index (χ3n) is 3.60. The number of aromatic nitrogens is 1. The van der Waals surface area contributed by atoms with Crippen LogP contribution in [0, 0.1) is 17.7 Å². The number of pyridine rings is 1. The Morgan fingerprint density at radius 1 is 1.56 bits per heavy atom. The molecule has 1 aliphatic rings. The van der Waals surface area contributed by atoms with E-state index in [9.17, 15) is 9.18 Å². The molecule has 1 aliphatic carbocycles. The summed E-state index contributed by atoms with van der Waals surface area (Å²) in [5.74, 6) is -0.532. The van der Waals surface area contributed by atoms with Crippen LogP contribution in [0.4, 0.5) is 4.39 Å². The Kier molecular flexibility index (Phi) is 3.94. The topological polar surface area (TPSA) is 39.2 Å². The van der Waals surface area contributed by atoms with Gasteiger partial charge in [0.1, 0.15) is 0 Å². The van der Waals surface area contributed by atoms with Crippen LogP contribution in [0.2, 0.25) is 0 Å². The fourth-order valence-electron chi connectivity index (χ4n) is 2.59. The second kappa shape index (κ2) is 5.46. The molecule has 0 saturated heterocycles. The number of hydrogen-bond acceptors (Lipinski definition) is 3. The van der Waals surface area contributed by atoms with Gasteiger partial charge in [0.2, 0.25) is 0 Å². The maximum atomic E-state index is 14.1. The summed E-state index contributed by atoms with van der Waals surface area (Å²) < 4.78 is 19.2. The molecule has 18 heavy (non-hydrogen) atoms. The fourth-order valence-corrected chi connectivity index (χ4v) is 2.59. The van der Waals surface area contributed by atoms with Crippen molar-refractivity contribution in [1.82, 2.24) is 4.98 Å². The molecule has 2 unspecified atom stereocenters. The summed E-state index contributed by atoms with van der Waals surface area (Å²) in [4.78, 5) is 16.1. The van der Waals surface area contributed by atoms with Gasteiger partial charge in [0.15, 0.2) is 11.6 Å². The van der Waals surface area contributed by atoms with Gasteiger partial charge < -0.3 is 4.74 Å². The van der Waals surface area contributed by atoms with Crippen LogP contribution < -0.4 is 4.74 Å². The SMILES string of the molecule is CCOc1nccc(C(=O)C2CCCC2C)c1F. The maximum Gasteiger partial charge on any atom is 0.251 e. The van der Waals surface area contributed by atoms with E-state index >= 15 is 0 Å². The normalized spacial score (nSPS) is 23.1. The molecule has 4 heteroatoms. The van der Waals surface area contributed by atoms with Crippen LogP contribution in [-0.2, 0) is 0 Å². The van der Waals surface area contributed by atoms with Gasteiger partial charge in [0.05, 0.1) is 12.2 Å². The van der Waals surface area contributed by atoms with Crippen molar-refractivity contribution >= 4 is 5.78 Å². The average molecular weight is 251 g/mol. The number of ketones is 1. The predicted molar refractivity (Wildman–Crippen MR) is 66.2 cm³/mol. The third kappa shape index (κ3) is 2.37. The van der Waals surface area contributed by atoms with Crippen molar-refractivity contribution in [2.75, 3.05) is 6.61 Å². The first-order valence-corrected chi connectivity index (χ1v) is 6.46. The van der Waals surface area contributed by atoms with E-state index in [1.807, 2.05) is 0 Å². The van der Waals surface area contributed by atoms with Crippen molar-refractivity contribution in [2.24, 2.45) is 11.8 Å². The summed E-state index contributed by atoms with van der Waals surface area (Å²) in [6.45, 7) is 4.15. The van der Waals surface area contributed by atoms with Crippen molar-refractivity contribution < 1.29 is 13.9 Å². The first-order valence-electron chi connectivity index (χ1n) is 6.46. The van der Waals surface area contributed by atoms with Gasteiger partial charge in [-0.05, 0) is 31.7 Å². The molecular formula is C14H18FNO2. The highest BCUT2D eigenvalue weighted by atomic mass is 19.1. The summed E-state index contributed by atoms with van der Waals surface area (Å²) in [6, 6.07) is 1.45. The van der Waals surface area contributed by atoms with Gasteiger partial charge in [0, 0.05) is 12.1 Å². The Morgan fingerprint density at radius 3 is 2.94 bits per heavy atom. The van der Waals surface area contributed by atoms with Gasteiger partial charge in [-0.2, -0.15) is 0 Å². The quantitative estimate of drug-likeness (QED) is 0.771. The molecule has 3 nitrogen and oxygen atoms in total. The van der Waals surface area contributed by atoms with E-state index < -0.39 is 5.82 Å². The van der Waals surface area contributed by atoms with Gasteiger partial charge in [0.25, 0.3) is 5.88 Å². The lowest BCUT2D eigenvalue weighted by atomic mass is 9.90. The summed E-state index contributed by atoms with van der Waals surface area (Å²) in [5, 5.41) is 0. The van der Waals surface area contributed by atoms with Gasteiger partial charge in [-0.1, -0.05) is 13.3 Å². The molecule has 1 aromatic heterocycles. The van der Waals surface area contributed by atoms with Gasteiger partial charge in [-0.15, -0.1) is 0 Å². The predicted octanol–water partition coefficient (Wildman–Crippen LogP) is 3.24. The van der Waals surface area contributed by atoms with E-state index in [1.165, 1.54) is 12.3 Å². The zero-order chi connectivity index (χ0) is 13.1. The van der Waals surface area contributed by atoms with Crippen LogP contribution >= 0.6 is 0 Å². The van der Waals surface area contributed by atoms with E-state index in [1.54, 1.807) is 6.92 Å². The standard InChI is InChI=1S/C14H18FNO2/c1-3-18-14-12(15)11(7-8-16-14)13(17)10-6-4-5-9(10)2/h7-10H,3-6H2,1-2H3. The molecule has 0 bridgehead atoms. The molecule has 1 aromatic rings. The molecule has 0 spiro atoms. The first kappa shape index (κ1) is 13.0. The van der Waals surface area contributed by atoms with Crippen molar-refractivity contribution in [2.45, 2.75) is 33.1 Å². The molecular weight excluding hydrogens is 233 g/mol. The van der Waals surface area contributed by atoms with E-state index in [0.29, 0.717) is 12.5 Å². The minimum absolute atomic E-state index is 0.0589. The van der Waals surface area contributed by atoms with Crippen LogP contribution in [0.15, 0.2) is 12.3 Å². The Labute approximate surface area is 106 Å². The molecule has 1 fully saturated rings. The van der Waals surface area contributed by atoms with Crippen molar-refractivity contribution in [3.8, 4) is 5.88 Å². The Bertz CT molecular complexity index is 447. The molecule has 2 rings (SSSR count). The van der Waals surface area contributed by atoms with E-state index in [4.69, 9.17) is 4.74 Å². The van der Waals surface area contributed by atoms with Crippen LogP contribution in [0.3, 0.4) is 0 Å². The van der Waals surface area contributed by atoms with Crippen molar-refractivity contribution in [1.29, 1.82) is 0 Å². The fraction of sp³-hybridized carbons (Fsp3) is 0.571. The Hall–Kier alpha value is -1.45. The molecule has 0 radical (unpaired) electrons. The molecule has 0 N–H and O–H groups in total. The largest absolute Gasteiger partial charge is 0.476 e. The third-order valence-corrected chi connectivity index (χ3v) is 3.60. The van der Waals surface area contributed by atoms with Gasteiger partial charge in [-0.3, -0.25) is 4.79 Å². The summed E-state index contributed by atoms with van der Waals surface area (Å²) in [6.07, 6.45) is 4.37. The summed E-state index contributed by atoms with van der Waals surface area (Å²) >= 11 is 0. The first-order chi connectivity index (χ1) is 8.65. The number of carbonyl (C=O) groups excluding carboxylic acids is 1. The molecule has 2 atom stereocenters. The van der Waals surface area contributed by atoms with Crippen LogP contribution in [0.25, 0.3) is 0 Å². The van der Waals surface area contributed by atoms with Crippen molar-refractivity contribution in [3.05, 3.63) is 23.6 Å². The number of hydrogen-bond donors (Lipinski definition) is 0. The zero-order valence-corrected chi connectivity index (χ0v) is 10.8. The summed E-state index contributed by atoms with van der Waals surface area (Å²) in [5.41, 5.74) is 0.118. The minimum Gasteiger partial charge on any atom is -0.476 e. The highest BCUT2D eigenvalue weighted by Crippen LogP contribution is 2.34.